The standard InChI is InChI=1S/C26H33N7O2/c1-6-15-33-18-30-26(23(34)35-5,24(33,2)3)13-10-14-29-22-25(4,19-11-8-7-9-12-19)32-21(17-28)20(16-27)31-22/h7-9,11-12,18,32H,6,10,13-15H2,1-5H3,(H,29,31). The van der Waals surface area contributed by atoms with Gasteiger partial charge < -0.3 is 20.3 Å². The summed E-state index contributed by atoms with van der Waals surface area (Å²) >= 11 is 0. The lowest BCUT2D eigenvalue weighted by Crippen LogP contribution is -2.59. The molecule has 2 aliphatic rings. The highest BCUT2D eigenvalue weighted by atomic mass is 16.5. The number of nitriles is 2. The molecule has 1 aromatic rings. The SMILES string of the molecule is CCCN1C=NC(CCCN=C2NC(C#N)=C(C#N)NC2(C)c2ccccc2)(C(=O)OC)C1(C)C. The molecule has 1 aromatic carbocycles. The van der Waals surface area contributed by atoms with Crippen LogP contribution in [0.3, 0.4) is 0 Å². The van der Waals surface area contributed by atoms with Crippen LogP contribution in [-0.4, -0.2) is 54.3 Å². The van der Waals surface area contributed by atoms with Gasteiger partial charge in [-0.1, -0.05) is 37.3 Å². The Bertz CT molecular complexity index is 1130. The molecule has 0 bridgehead atoms. The number of hydrogen-bond acceptors (Lipinski definition) is 8. The van der Waals surface area contributed by atoms with Crippen LogP contribution in [-0.2, 0) is 15.1 Å². The molecule has 2 atom stereocenters. The fraction of sp³-hybridized carbons (Fsp3) is 0.500. The van der Waals surface area contributed by atoms with Crippen molar-refractivity contribution in [1.82, 2.24) is 15.5 Å². The maximum absolute atomic E-state index is 12.9. The molecule has 0 saturated carbocycles. The summed E-state index contributed by atoms with van der Waals surface area (Å²) in [5.74, 6) is 0.179. The van der Waals surface area contributed by atoms with Crippen LogP contribution in [0.25, 0.3) is 0 Å². The minimum atomic E-state index is -1.02. The molecule has 184 valence electrons. The second-order valence-corrected chi connectivity index (χ2v) is 9.40. The van der Waals surface area contributed by atoms with E-state index in [0.717, 1.165) is 18.5 Å². The highest BCUT2D eigenvalue weighted by Gasteiger charge is 2.57. The fourth-order valence-electron chi connectivity index (χ4n) is 4.78. The minimum absolute atomic E-state index is 0.127. The van der Waals surface area contributed by atoms with Gasteiger partial charge in [0.2, 0.25) is 0 Å². The van der Waals surface area contributed by atoms with E-state index in [1.54, 1.807) is 6.34 Å². The summed E-state index contributed by atoms with van der Waals surface area (Å²) in [5, 5.41) is 25.3. The van der Waals surface area contributed by atoms with Gasteiger partial charge in [-0.3, -0.25) is 9.98 Å². The van der Waals surface area contributed by atoms with Gasteiger partial charge in [0.05, 0.1) is 19.0 Å². The Morgan fingerprint density at radius 3 is 2.46 bits per heavy atom. The molecule has 0 saturated heterocycles. The summed E-state index contributed by atoms with van der Waals surface area (Å²) in [5.41, 5.74) is -1.19. The van der Waals surface area contributed by atoms with Crippen LogP contribution in [0, 0.1) is 22.7 Å². The minimum Gasteiger partial charge on any atom is -0.467 e. The van der Waals surface area contributed by atoms with E-state index in [2.05, 4.69) is 33.5 Å². The van der Waals surface area contributed by atoms with Gasteiger partial charge >= 0.3 is 5.97 Å². The molecule has 2 unspecified atom stereocenters. The summed E-state index contributed by atoms with van der Waals surface area (Å²) in [4.78, 5) is 24.5. The first-order valence-electron chi connectivity index (χ1n) is 11.8. The number of nitrogens with one attached hydrogen (secondary N) is 2. The summed E-state index contributed by atoms with van der Waals surface area (Å²) in [6, 6.07) is 13.7. The van der Waals surface area contributed by atoms with E-state index in [-0.39, 0.29) is 17.4 Å². The summed E-state index contributed by atoms with van der Waals surface area (Å²) < 4.78 is 5.18. The lowest BCUT2D eigenvalue weighted by molar-refractivity contribution is -0.151. The summed E-state index contributed by atoms with van der Waals surface area (Å²) in [6.07, 6.45) is 3.73. The van der Waals surface area contributed by atoms with E-state index in [1.807, 2.05) is 57.2 Å². The van der Waals surface area contributed by atoms with Crippen molar-refractivity contribution in [1.29, 1.82) is 10.5 Å². The smallest absolute Gasteiger partial charge is 0.336 e. The van der Waals surface area contributed by atoms with E-state index in [4.69, 9.17) is 9.73 Å². The van der Waals surface area contributed by atoms with Gasteiger partial charge in [-0.25, -0.2) is 4.79 Å². The van der Waals surface area contributed by atoms with Crippen molar-refractivity contribution >= 4 is 18.1 Å². The van der Waals surface area contributed by atoms with E-state index in [0.29, 0.717) is 25.2 Å². The van der Waals surface area contributed by atoms with Crippen molar-refractivity contribution < 1.29 is 9.53 Å². The van der Waals surface area contributed by atoms with Crippen molar-refractivity contribution in [3.8, 4) is 12.1 Å². The third-order valence-electron chi connectivity index (χ3n) is 7.02. The highest BCUT2D eigenvalue weighted by Crippen LogP contribution is 2.40. The monoisotopic (exact) mass is 475 g/mol. The van der Waals surface area contributed by atoms with E-state index >= 15 is 0 Å². The number of aliphatic imine (C=N–C) groups is 2. The lowest BCUT2D eigenvalue weighted by atomic mass is 9.76. The molecular weight excluding hydrogens is 442 g/mol. The van der Waals surface area contributed by atoms with Crippen molar-refractivity contribution in [2.24, 2.45) is 9.98 Å². The summed E-state index contributed by atoms with van der Waals surface area (Å²) in [7, 11) is 1.39. The molecule has 9 heteroatoms. The Morgan fingerprint density at radius 1 is 1.17 bits per heavy atom. The Labute approximate surface area is 207 Å². The third kappa shape index (κ3) is 4.46. The van der Waals surface area contributed by atoms with Gasteiger partial charge in [0.1, 0.15) is 29.2 Å². The van der Waals surface area contributed by atoms with Crippen LogP contribution in [0.5, 0.6) is 0 Å². The molecule has 0 aliphatic carbocycles. The number of esters is 1. The maximum atomic E-state index is 12.9. The van der Waals surface area contributed by atoms with Crippen LogP contribution in [0.15, 0.2) is 51.7 Å². The van der Waals surface area contributed by atoms with E-state index in [9.17, 15) is 15.3 Å². The molecule has 35 heavy (non-hydrogen) atoms. The number of carbonyl (C=O) groups is 1. The Morgan fingerprint density at radius 2 is 1.86 bits per heavy atom. The molecule has 2 heterocycles. The zero-order chi connectivity index (χ0) is 25.7. The first kappa shape index (κ1) is 25.8. The Kier molecular flexibility index (Phi) is 7.50. The molecule has 3 rings (SSSR count). The molecule has 2 aliphatic heterocycles. The molecule has 0 spiro atoms. The molecule has 0 aromatic heterocycles. The lowest BCUT2D eigenvalue weighted by Gasteiger charge is -2.42. The number of allylic oxidation sites excluding steroid dienone is 2. The first-order valence-corrected chi connectivity index (χ1v) is 11.8. The first-order chi connectivity index (χ1) is 16.7. The number of carbonyl (C=O) groups excluding carboxylic acids is 1. The number of methoxy groups -OCH3 is 1. The quantitative estimate of drug-likeness (QED) is 0.437. The van der Waals surface area contributed by atoms with E-state index < -0.39 is 16.6 Å². The summed E-state index contributed by atoms with van der Waals surface area (Å²) in [6.45, 7) is 9.24. The van der Waals surface area contributed by atoms with Gasteiger partial charge in [0, 0.05) is 13.1 Å². The number of rotatable bonds is 8. The van der Waals surface area contributed by atoms with Gasteiger partial charge in [0.15, 0.2) is 11.2 Å². The van der Waals surface area contributed by atoms with Crippen LogP contribution >= 0.6 is 0 Å². The highest BCUT2D eigenvalue weighted by molar-refractivity contribution is 5.96. The number of benzene rings is 1. The second-order valence-electron chi connectivity index (χ2n) is 9.40. The zero-order valence-electron chi connectivity index (χ0n) is 21.1. The molecule has 0 fully saturated rings. The van der Waals surface area contributed by atoms with Crippen LogP contribution < -0.4 is 10.6 Å². The number of amidine groups is 1. The number of hydrogen-bond donors (Lipinski definition) is 2. The topological polar surface area (TPSA) is 126 Å². The van der Waals surface area contributed by atoms with Crippen molar-refractivity contribution in [3.63, 3.8) is 0 Å². The van der Waals surface area contributed by atoms with Crippen molar-refractivity contribution in [2.75, 3.05) is 20.2 Å². The molecular formula is C26H33N7O2. The molecule has 2 N–H and O–H groups in total. The average Bonchev–Trinajstić information content (AvgIpc) is 3.12. The van der Waals surface area contributed by atoms with Crippen LogP contribution in [0.2, 0.25) is 0 Å². The molecule has 0 radical (unpaired) electrons. The predicted molar refractivity (Wildman–Crippen MR) is 134 cm³/mol. The normalized spacial score (nSPS) is 26.0. The second kappa shape index (κ2) is 10.2. The predicted octanol–water partition coefficient (Wildman–Crippen LogP) is 2.98. The van der Waals surface area contributed by atoms with E-state index in [1.165, 1.54) is 7.11 Å². The van der Waals surface area contributed by atoms with Gasteiger partial charge in [-0.2, -0.15) is 10.5 Å². The van der Waals surface area contributed by atoms with Crippen molar-refractivity contribution in [3.05, 3.63) is 47.3 Å². The number of nitrogens with zero attached hydrogens (tertiary/aromatic N) is 5. The van der Waals surface area contributed by atoms with Crippen LogP contribution in [0.4, 0.5) is 0 Å². The Balaban J connectivity index is 1.87. The van der Waals surface area contributed by atoms with Gasteiger partial charge in [-0.15, -0.1) is 0 Å². The zero-order valence-corrected chi connectivity index (χ0v) is 21.1. The third-order valence-corrected chi connectivity index (χ3v) is 7.02. The largest absolute Gasteiger partial charge is 0.467 e. The maximum Gasteiger partial charge on any atom is 0.336 e. The molecule has 0 amide bonds. The average molecular weight is 476 g/mol. The van der Waals surface area contributed by atoms with Gasteiger partial charge in [-0.05, 0) is 45.6 Å². The van der Waals surface area contributed by atoms with Gasteiger partial charge in [0.25, 0.3) is 0 Å². The Hall–Kier alpha value is -3.85. The number of ether oxygens (including phenoxy) is 1. The van der Waals surface area contributed by atoms with Crippen LogP contribution in [0.1, 0.15) is 52.5 Å². The van der Waals surface area contributed by atoms with Crippen molar-refractivity contribution in [2.45, 2.75) is 63.6 Å². The fourth-order valence-corrected chi connectivity index (χ4v) is 4.78. The molecule has 9 nitrogen and oxygen atoms in total.